The predicted octanol–water partition coefficient (Wildman–Crippen LogP) is 4.89. The summed E-state index contributed by atoms with van der Waals surface area (Å²) in [5.74, 6) is 0.160. The number of aromatic nitrogens is 1. The van der Waals surface area contributed by atoms with Crippen molar-refractivity contribution < 1.29 is 9.59 Å². The number of unbranched alkanes of at least 4 members (excludes halogenated alkanes) is 6. The van der Waals surface area contributed by atoms with Gasteiger partial charge in [-0.15, -0.1) is 0 Å². The van der Waals surface area contributed by atoms with Gasteiger partial charge in [0, 0.05) is 19.0 Å². The number of rotatable bonds is 13. The van der Waals surface area contributed by atoms with Gasteiger partial charge in [0.05, 0.1) is 0 Å². The van der Waals surface area contributed by atoms with Gasteiger partial charge >= 0.3 is 0 Å². The molecule has 1 heterocycles. The maximum atomic E-state index is 12.8. The van der Waals surface area contributed by atoms with E-state index in [0.717, 1.165) is 18.4 Å². The molecule has 2 amide bonds. The molecule has 0 fully saturated rings. The van der Waals surface area contributed by atoms with E-state index in [9.17, 15) is 9.59 Å². The van der Waals surface area contributed by atoms with Crippen LogP contribution in [-0.4, -0.2) is 22.8 Å². The molecule has 0 bridgehead atoms. The monoisotopic (exact) mass is 395 g/mol. The van der Waals surface area contributed by atoms with Crippen LogP contribution < -0.4 is 10.6 Å². The zero-order valence-corrected chi connectivity index (χ0v) is 17.4. The number of benzene rings is 1. The minimum Gasteiger partial charge on any atom is -0.344 e. The Morgan fingerprint density at radius 3 is 2.28 bits per heavy atom. The summed E-state index contributed by atoms with van der Waals surface area (Å²) in [6.45, 7) is 2.21. The van der Waals surface area contributed by atoms with Gasteiger partial charge in [0.15, 0.2) is 0 Å². The Hall–Kier alpha value is -2.69. The zero-order chi connectivity index (χ0) is 20.7. The van der Waals surface area contributed by atoms with E-state index >= 15 is 0 Å². The van der Waals surface area contributed by atoms with Crippen LogP contribution in [0, 0.1) is 0 Å². The Morgan fingerprint density at radius 2 is 1.59 bits per heavy atom. The second-order valence-corrected chi connectivity index (χ2v) is 7.39. The molecule has 0 spiro atoms. The number of hydrogen-bond acceptors (Lipinski definition) is 3. The first-order chi connectivity index (χ1) is 14.2. The van der Waals surface area contributed by atoms with Crippen LogP contribution in [0.15, 0.2) is 54.7 Å². The van der Waals surface area contributed by atoms with Crippen LogP contribution in [0.4, 0.5) is 5.82 Å². The fourth-order valence-corrected chi connectivity index (χ4v) is 3.22. The molecule has 1 aromatic carbocycles. The average molecular weight is 396 g/mol. The molecule has 1 atom stereocenters. The number of hydrogen-bond donors (Lipinski definition) is 2. The first-order valence-corrected chi connectivity index (χ1v) is 10.7. The Labute approximate surface area is 174 Å². The molecule has 29 heavy (non-hydrogen) atoms. The molecule has 0 aliphatic rings. The van der Waals surface area contributed by atoms with E-state index in [-0.39, 0.29) is 11.8 Å². The van der Waals surface area contributed by atoms with Crippen molar-refractivity contribution in [2.45, 2.75) is 70.8 Å². The number of amides is 2. The van der Waals surface area contributed by atoms with E-state index in [1.165, 1.54) is 32.1 Å². The summed E-state index contributed by atoms with van der Waals surface area (Å²) in [6, 6.07) is 14.4. The summed E-state index contributed by atoms with van der Waals surface area (Å²) >= 11 is 0. The lowest BCUT2D eigenvalue weighted by Gasteiger charge is -2.18. The van der Waals surface area contributed by atoms with Gasteiger partial charge in [0.2, 0.25) is 11.8 Å². The van der Waals surface area contributed by atoms with Crippen LogP contribution in [0.2, 0.25) is 0 Å². The van der Waals surface area contributed by atoms with Crippen molar-refractivity contribution in [3.05, 3.63) is 60.3 Å². The van der Waals surface area contributed by atoms with E-state index in [0.29, 0.717) is 18.7 Å². The van der Waals surface area contributed by atoms with Gasteiger partial charge in [-0.05, 0) is 24.1 Å². The molecule has 0 unspecified atom stereocenters. The highest BCUT2D eigenvalue weighted by molar-refractivity contribution is 5.96. The molecule has 0 radical (unpaired) electrons. The van der Waals surface area contributed by atoms with Crippen LogP contribution >= 0.6 is 0 Å². The molecule has 0 saturated heterocycles. The highest BCUT2D eigenvalue weighted by Gasteiger charge is 2.21. The molecule has 0 aliphatic heterocycles. The highest BCUT2D eigenvalue weighted by Crippen LogP contribution is 2.10. The molecule has 1 aromatic heterocycles. The predicted molar refractivity (Wildman–Crippen MR) is 118 cm³/mol. The normalized spacial score (nSPS) is 11.6. The van der Waals surface area contributed by atoms with E-state index < -0.39 is 6.04 Å². The largest absolute Gasteiger partial charge is 0.344 e. The third-order valence-electron chi connectivity index (χ3n) is 4.86. The van der Waals surface area contributed by atoms with Crippen LogP contribution in [-0.2, 0) is 16.0 Å². The molecule has 0 aliphatic carbocycles. The zero-order valence-electron chi connectivity index (χ0n) is 17.4. The SMILES string of the molecule is CCCCCCCCCC(=O)N[C@H](Cc1ccccc1)C(=O)Nc1ccccn1. The van der Waals surface area contributed by atoms with E-state index in [4.69, 9.17) is 0 Å². The van der Waals surface area contributed by atoms with Crippen molar-refractivity contribution in [3.63, 3.8) is 0 Å². The van der Waals surface area contributed by atoms with Crippen LogP contribution in [0.25, 0.3) is 0 Å². The summed E-state index contributed by atoms with van der Waals surface area (Å²) in [7, 11) is 0. The first kappa shape index (κ1) is 22.6. The fraction of sp³-hybridized carbons (Fsp3) is 0.458. The smallest absolute Gasteiger partial charge is 0.248 e. The summed E-state index contributed by atoms with van der Waals surface area (Å²) in [4.78, 5) is 29.3. The number of carbonyl (C=O) groups is 2. The van der Waals surface area contributed by atoms with Gasteiger partial charge in [-0.1, -0.05) is 81.8 Å². The van der Waals surface area contributed by atoms with Gasteiger partial charge in [-0.25, -0.2) is 4.98 Å². The quantitative estimate of drug-likeness (QED) is 0.475. The summed E-state index contributed by atoms with van der Waals surface area (Å²) in [5, 5.41) is 5.72. The van der Waals surface area contributed by atoms with Crippen molar-refractivity contribution in [3.8, 4) is 0 Å². The lowest BCUT2D eigenvalue weighted by atomic mass is 10.0. The molecule has 5 heteroatoms. The molecule has 0 saturated carbocycles. The molecule has 5 nitrogen and oxygen atoms in total. The van der Waals surface area contributed by atoms with E-state index in [1.807, 2.05) is 36.4 Å². The van der Waals surface area contributed by atoms with Gasteiger partial charge in [0.25, 0.3) is 0 Å². The standard InChI is InChI=1S/C24H33N3O2/c1-2-3-4-5-6-7-11-17-23(28)26-21(19-20-14-9-8-10-15-20)24(29)27-22-16-12-13-18-25-22/h8-10,12-16,18,21H,2-7,11,17,19H2,1H3,(H,26,28)(H,25,27,29)/t21-/m1/s1. The Balaban J connectivity index is 1.85. The number of nitrogens with zero attached hydrogens (tertiary/aromatic N) is 1. The van der Waals surface area contributed by atoms with Gasteiger partial charge in [0.1, 0.15) is 11.9 Å². The molecule has 2 N–H and O–H groups in total. The van der Waals surface area contributed by atoms with Crippen LogP contribution in [0.1, 0.15) is 63.9 Å². The van der Waals surface area contributed by atoms with Crippen molar-refractivity contribution in [1.29, 1.82) is 0 Å². The third kappa shape index (κ3) is 9.37. The lowest BCUT2D eigenvalue weighted by Crippen LogP contribution is -2.45. The minimum absolute atomic E-state index is 0.0735. The second-order valence-electron chi connectivity index (χ2n) is 7.39. The van der Waals surface area contributed by atoms with Gasteiger partial charge in [-0.2, -0.15) is 0 Å². The number of anilines is 1. The average Bonchev–Trinajstić information content (AvgIpc) is 2.74. The topological polar surface area (TPSA) is 71.1 Å². The molecule has 156 valence electrons. The number of pyridine rings is 1. The Morgan fingerprint density at radius 1 is 0.897 bits per heavy atom. The van der Waals surface area contributed by atoms with Gasteiger partial charge in [-0.3, -0.25) is 9.59 Å². The van der Waals surface area contributed by atoms with Crippen LogP contribution in [0.3, 0.4) is 0 Å². The van der Waals surface area contributed by atoms with Crippen molar-refractivity contribution in [2.75, 3.05) is 5.32 Å². The second kappa shape index (κ2) is 13.5. The van der Waals surface area contributed by atoms with E-state index in [1.54, 1.807) is 18.3 Å². The highest BCUT2D eigenvalue weighted by atomic mass is 16.2. The minimum atomic E-state index is -0.628. The Bertz CT molecular complexity index is 719. The lowest BCUT2D eigenvalue weighted by molar-refractivity contribution is -0.126. The van der Waals surface area contributed by atoms with Crippen molar-refractivity contribution >= 4 is 17.6 Å². The summed E-state index contributed by atoms with van der Waals surface area (Å²) in [5.41, 5.74) is 1.00. The maximum Gasteiger partial charge on any atom is 0.248 e. The van der Waals surface area contributed by atoms with Crippen molar-refractivity contribution in [1.82, 2.24) is 10.3 Å². The Kier molecular flexibility index (Phi) is 10.5. The first-order valence-electron chi connectivity index (χ1n) is 10.7. The maximum absolute atomic E-state index is 12.8. The third-order valence-corrected chi connectivity index (χ3v) is 4.86. The summed E-state index contributed by atoms with van der Waals surface area (Å²) in [6.07, 6.45) is 10.6. The molecular weight excluding hydrogens is 362 g/mol. The number of carbonyl (C=O) groups excluding carboxylic acids is 2. The molecular formula is C24H33N3O2. The van der Waals surface area contributed by atoms with Crippen LogP contribution in [0.5, 0.6) is 0 Å². The fourth-order valence-electron chi connectivity index (χ4n) is 3.22. The number of nitrogens with one attached hydrogen (secondary N) is 2. The van der Waals surface area contributed by atoms with Crippen molar-refractivity contribution in [2.24, 2.45) is 0 Å². The van der Waals surface area contributed by atoms with Gasteiger partial charge < -0.3 is 10.6 Å². The summed E-state index contributed by atoms with van der Waals surface area (Å²) < 4.78 is 0. The van der Waals surface area contributed by atoms with E-state index in [2.05, 4.69) is 22.5 Å². The molecule has 2 rings (SSSR count). The molecule has 2 aromatic rings.